The fourth-order valence-corrected chi connectivity index (χ4v) is 2.40. The summed E-state index contributed by atoms with van der Waals surface area (Å²) in [5.41, 5.74) is 1.14. The van der Waals surface area contributed by atoms with Gasteiger partial charge >= 0.3 is 0 Å². The number of ketones is 1. The van der Waals surface area contributed by atoms with Crippen LogP contribution in [-0.2, 0) is 9.53 Å². The summed E-state index contributed by atoms with van der Waals surface area (Å²) in [4.78, 5) is 12.4. The second-order valence-corrected chi connectivity index (χ2v) is 4.94. The van der Waals surface area contributed by atoms with Gasteiger partial charge in [-0.25, -0.2) is 0 Å². The number of carbonyl (C=O) groups excluding carboxylic acids is 1. The standard InChI is InChI=1S/C18H20O2/c1-3-14(15-7-5-4-6-8-15)13-18(19)16-9-11-17(20-2)12-10-16/h3-9,11-12,14,16H,1,10,13H2,2H3. The Labute approximate surface area is 120 Å². The third-order valence-electron chi connectivity index (χ3n) is 3.65. The minimum Gasteiger partial charge on any atom is -0.497 e. The maximum absolute atomic E-state index is 12.4. The quantitative estimate of drug-likeness (QED) is 0.728. The van der Waals surface area contributed by atoms with Crippen molar-refractivity contribution in [2.75, 3.05) is 7.11 Å². The van der Waals surface area contributed by atoms with Crippen LogP contribution < -0.4 is 0 Å². The highest BCUT2D eigenvalue weighted by atomic mass is 16.5. The van der Waals surface area contributed by atoms with Crippen molar-refractivity contribution in [3.8, 4) is 0 Å². The molecule has 0 aromatic heterocycles. The molecule has 0 spiro atoms. The van der Waals surface area contributed by atoms with Crippen LogP contribution in [0.2, 0.25) is 0 Å². The second kappa shape index (κ2) is 6.90. The molecule has 1 aliphatic carbocycles. The van der Waals surface area contributed by atoms with Crippen LogP contribution in [0.25, 0.3) is 0 Å². The van der Waals surface area contributed by atoms with Gasteiger partial charge < -0.3 is 4.74 Å². The molecule has 1 aliphatic rings. The van der Waals surface area contributed by atoms with Gasteiger partial charge in [-0.05, 0) is 24.1 Å². The maximum atomic E-state index is 12.4. The molecule has 2 atom stereocenters. The number of hydrogen-bond donors (Lipinski definition) is 0. The molecular formula is C18H20O2. The van der Waals surface area contributed by atoms with E-state index in [1.165, 1.54) is 0 Å². The molecule has 1 aromatic rings. The van der Waals surface area contributed by atoms with Gasteiger partial charge in [0.1, 0.15) is 11.5 Å². The smallest absolute Gasteiger partial charge is 0.140 e. The Morgan fingerprint density at radius 1 is 1.45 bits per heavy atom. The largest absolute Gasteiger partial charge is 0.497 e. The topological polar surface area (TPSA) is 26.3 Å². The molecule has 0 heterocycles. The first kappa shape index (κ1) is 14.3. The lowest BCUT2D eigenvalue weighted by Crippen LogP contribution is -2.16. The zero-order chi connectivity index (χ0) is 14.4. The van der Waals surface area contributed by atoms with Crippen molar-refractivity contribution < 1.29 is 9.53 Å². The molecular weight excluding hydrogens is 248 g/mol. The second-order valence-electron chi connectivity index (χ2n) is 4.94. The summed E-state index contributed by atoms with van der Waals surface area (Å²) in [6, 6.07) is 10.0. The number of Topliss-reactive ketones (excluding diaryl/α,β-unsaturated/α-hetero) is 1. The van der Waals surface area contributed by atoms with Crippen LogP contribution in [0.4, 0.5) is 0 Å². The lowest BCUT2D eigenvalue weighted by atomic mass is 9.86. The fourth-order valence-electron chi connectivity index (χ4n) is 2.40. The predicted octanol–water partition coefficient (Wildman–Crippen LogP) is 4.02. The number of ether oxygens (including phenoxy) is 1. The lowest BCUT2D eigenvalue weighted by Gasteiger charge is -2.18. The Kier molecular flexibility index (Phi) is 4.94. The molecule has 2 nitrogen and oxygen atoms in total. The Morgan fingerprint density at radius 2 is 2.20 bits per heavy atom. The molecule has 2 heteroatoms. The SMILES string of the molecule is C=CC(CC(=O)C1C=CC(OC)=CC1)c1ccccc1. The molecule has 2 rings (SSSR count). The summed E-state index contributed by atoms with van der Waals surface area (Å²) < 4.78 is 5.14. The van der Waals surface area contributed by atoms with Gasteiger partial charge in [-0.3, -0.25) is 4.79 Å². The molecule has 2 unspecified atom stereocenters. The van der Waals surface area contributed by atoms with E-state index in [0.29, 0.717) is 6.42 Å². The summed E-state index contributed by atoms with van der Waals surface area (Å²) in [6.07, 6.45) is 8.85. The molecule has 0 amide bonds. The van der Waals surface area contributed by atoms with Gasteiger partial charge in [-0.15, -0.1) is 6.58 Å². The number of carbonyl (C=O) groups is 1. The number of rotatable bonds is 6. The molecule has 104 valence electrons. The van der Waals surface area contributed by atoms with E-state index in [1.807, 2.05) is 54.6 Å². The fraction of sp³-hybridized carbons (Fsp3) is 0.278. The van der Waals surface area contributed by atoms with Crippen LogP contribution >= 0.6 is 0 Å². The first-order chi connectivity index (χ1) is 9.74. The normalized spacial score (nSPS) is 19.1. The minimum atomic E-state index is -0.0416. The van der Waals surface area contributed by atoms with E-state index in [0.717, 1.165) is 17.7 Å². The Bertz CT molecular complexity index is 526. The molecule has 0 aliphatic heterocycles. The Balaban J connectivity index is 1.99. The third kappa shape index (κ3) is 3.47. The van der Waals surface area contributed by atoms with E-state index in [9.17, 15) is 4.79 Å². The average molecular weight is 268 g/mol. The molecule has 0 fully saturated rings. The minimum absolute atomic E-state index is 0.0416. The van der Waals surface area contributed by atoms with E-state index in [4.69, 9.17) is 4.74 Å². The first-order valence-corrected chi connectivity index (χ1v) is 6.87. The highest BCUT2D eigenvalue weighted by molar-refractivity contribution is 5.84. The Hall–Kier alpha value is -2.09. The van der Waals surface area contributed by atoms with Gasteiger partial charge in [0.2, 0.25) is 0 Å². The van der Waals surface area contributed by atoms with Crippen LogP contribution in [0.3, 0.4) is 0 Å². The summed E-state index contributed by atoms with van der Waals surface area (Å²) in [5, 5.41) is 0. The van der Waals surface area contributed by atoms with E-state index in [1.54, 1.807) is 7.11 Å². The van der Waals surface area contributed by atoms with E-state index < -0.39 is 0 Å². The van der Waals surface area contributed by atoms with E-state index in [-0.39, 0.29) is 17.6 Å². The summed E-state index contributed by atoms with van der Waals surface area (Å²) in [6.45, 7) is 3.86. The average Bonchev–Trinajstić information content (AvgIpc) is 2.53. The molecule has 0 saturated heterocycles. The van der Waals surface area contributed by atoms with Gasteiger partial charge in [0, 0.05) is 18.3 Å². The number of allylic oxidation sites excluding steroid dienone is 4. The highest BCUT2D eigenvalue weighted by Crippen LogP contribution is 2.26. The lowest BCUT2D eigenvalue weighted by molar-refractivity contribution is -0.121. The van der Waals surface area contributed by atoms with Crippen LogP contribution in [0.1, 0.15) is 24.3 Å². The first-order valence-electron chi connectivity index (χ1n) is 6.87. The molecule has 1 aromatic carbocycles. The van der Waals surface area contributed by atoms with Crippen LogP contribution in [-0.4, -0.2) is 12.9 Å². The Morgan fingerprint density at radius 3 is 2.75 bits per heavy atom. The van der Waals surface area contributed by atoms with Gasteiger partial charge in [0.25, 0.3) is 0 Å². The predicted molar refractivity (Wildman–Crippen MR) is 81.3 cm³/mol. The van der Waals surface area contributed by atoms with Crippen LogP contribution in [0.5, 0.6) is 0 Å². The number of methoxy groups -OCH3 is 1. The number of benzene rings is 1. The molecule has 0 radical (unpaired) electrons. The zero-order valence-electron chi connectivity index (χ0n) is 11.8. The molecule has 0 bridgehead atoms. The van der Waals surface area contributed by atoms with Crippen LogP contribution in [0, 0.1) is 5.92 Å². The van der Waals surface area contributed by atoms with E-state index >= 15 is 0 Å². The number of hydrogen-bond acceptors (Lipinski definition) is 2. The summed E-state index contributed by atoms with van der Waals surface area (Å²) >= 11 is 0. The van der Waals surface area contributed by atoms with Crippen molar-refractivity contribution in [3.63, 3.8) is 0 Å². The van der Waals surface area contributed by atoms with Crippen molar-refractivity contribution in [3.05, 3.63) is 72.5 Å². The molecule has 20 heavy (non-hydrogen) atoms. The monoisotopic (exact) mass is 268 g/mol. The van der Waals surface area contributed by atoms with Crippen molar-refractivity contribution in [1.82, 2.24) is 0 Å². The van der Waals surface area contributed by atoms with E-state index in [2.05, 4.69) is 6.58 Å². The van der Waals surface area contributed by atoms with Gasteiger partial charge in [-0.2, -0.15) is 0 Å². The summed E-state index contributed by atoms with van der Waals surface area (Å²) in [5.74, 6) is 1.13. The molecule has 0 N–H and O–H groups in total. The van der Waals surface area contributed by atoms with Crippen molar-refractivity contribution in [2.45, 2.75) is 18.8 Å². The van der Waals surface area contributed by atoms with Crippen molar-refractivity contribution >= 4 is 5.78 Å². The third-order valence-corrected chi connectivity index (χ3v) is 3.65. The molecule has 0 saturated carbocycles. The summed E-state index contributed by atoms with van der Waals surface area (Å²) in [7, 11) is 1.64. The maximum Gasteiger partial charge on any atom is 0.140 e. The van der Waals surface area contributed by atoms with Gasteiger partial charge in [0.15, 0.2) is 0 Å². The zero-order valence-corrected chi connectivity index (χ0v) is 11.8. The van der Waals surface area contributed by atoms with Crippen LogP contribution in [0.15, 0.2) is 67.0 Å². The van der Waals surface area contributed by atoms with Gasteiger partial charge in [0.05, 0.1) is 7.11 Å². The van der Waals surface area contributed by atoms with Gasteiger partial charge in [-0.1, -0.05) is 42.5 Å². The van der Waals surface area contributed by atoms with Crippen molar-refractivity contribution in [1.29, 1.82) is 0 Å². The van der Waals surface area contributed by atoms with Crippen molar-refractivity contribution in [2.24, 2.45) is 5.92 Å². The highest BCUT2D eigenvalue weighted by Gasteiger charge is 2.21.